The highest BCUT2D eigenvalue weighted by Crippen LogP contribution is 2.44. The van der Waals surface area contributed by atoms with Gasteiger partial charge in [0.15, 0.2) is 0 Å². The first kappa shape index (κ1) is 29.0. The molecule has 0 aliphatic carbocycles. The molecule has 0 saturated heterocycles. The van der Waals surface area contributed by atoms with Crippen LogP contribution >= 0.6 is 0 Å². The molecule has 0 aromatic heterocycles. The van der Waals surface area contributed by atoms with Crippen molar-refractivity contribution in [1.82, 2.24) is 0 Å². The molecule has 0 bridgehead atoms. The molecule has 0 radical (unpaired) electrons. The fourth-order valence-electron chi connectivity index (χ4n) is 8.11. The van der Waals surface area contributed by atoms with E-state index in [0.717, 1.165) is 28.2 Å². The number of hydrogen-bond donors (Lipinski definition) is 0. The fraction of sp³-hybridized carbons (Fsp3) is 0. The number of anilines is 3. The second-order valence-electron chi connectivity index (χ2n) is 13.2. The average molecular weight is 647 g/mol. The summed E-state index contributed by atoms with van der Waals surface area (Å²) in [4.78, 5) is 2.38. The van der Waals surface area contributed by atoms with E-state index in [-0.39, 0.29) is 0 Å². The predicted octanol–water partition coefficient (Wildman–Crippen LogP) is 13.6. The zero-order chi connectivity index (χ0) is 33.9. The number of fused-ring (bicyclic) bond motifs is 12. The molecule has 51 heavy (non-hydrogen) atoms. The van der Waals surface area contributed by atoms with Gasteiger partial charge in [0, 0.05) is 17.1 Å². The summed E-state index contributed by atoms with van der Waals surface area (Å²) in [5.41, 5.74) is 5.93. The Morgan fingerprint density at radius 1 is 0.294 bits per heavy atom. The molecule has 2 heteroatoms. The summed E-state index contributed by atoms with van der Waals surface area (Å²) in [6.45, 7) is 0. The van der Waals surface area contributed by atoms with Crippen LogP contribution in [0.5, 0.6) is 0 Å². The molecule has 0 saturated carbocycles. The van der Waals surface area contributed by atoms with Crippen LogP contribution in [0.3, 0.4) is 0 Å². The first-order chi connectivity index (χ1) is 25.2. The average Bonchev–Trinajstić information content (AvgIpc) is 3.21. The van der Waals surface area contributed by atoms with Gasteiger partial charge in [-0.1, -0.05) is 133 Å². The number of nitrogens with zero attached hydrogens (tertiary/aromatic N) is 2. The SMILES string of the molecule is N#Cc1cccc(-c2cccc(N(c3ccc4c5ccccc5c5ccccc5c4c3)c3ccc4c5ccccc5c5ccccc5c4c3)c2)c1. The van der Waals surface area contributed by atoms with Crippen molar-refractivity contribution in [3.8, 4) is 17.2 Å². The maximum Gasteiger partial charge on any atom is 0.0991 e. The standard InChI is InChI=1S/C49H30N2/c50-31-32-11-9-12-33(27-32)34-13-10-14-35(28-34)51(36-23-25-46-42-19-3-1-15-38(42)40-17-5-7-21-44(40)48(46)29-36)37-24-26-47-43-20-4-2-16-39(43)41-18-6-8-22-45(41)49(47)30-37/h1-30H. The number of benzene rings is 10. The van der Waals surface area contributed by atoms with E-state index in [2.05, 4.69) is 175 Å². The Labute approximate surface area is 295 Å². The van der Waals surface area contributed by atoms with Crippen molar-refractivity contribution >= 4 is 81.7 Å². The molecular formula is C49H30N2. The van der Waals surface area contributed by atoms with Gasteiger partial charge in [0.25, 0.3) is 0 Å². The Balaban J connectivity index is 1.26. The van der Waals surface area contributed by atoms with Gasteiger partial charge in [-0.05, 0) is 124 Å². The first-order valence-electron chi connectivity index (χ1n) is 17.3. The molecule has 0 fully saturated rings. The van der Waals surface area contributed by atoms with Crippen molar-refractivity contribution in [1.29, 1.82) is 5.26 Å². The van der Waals surface area contributed by atoms with Gasteiger partial charge in [-0.3, -0.25) is 0 Å². The van der Waals surface area contributed by atoms with Crippen LogP contribution in [-0.4, -0.2) is 0 Å². The lowest BCUT2D eigenvalue weighted by Gasteiger charge is -2.27. The van der Waals surface area contributed by atoms with Gasteiger partial charge in [-0.25, -0.2) is 0 Å². The Hall–Kier alpha value is -6.95. The minimum Gasteiger partial charge on any atom is -0.310 e. The molecular weight excluding hydrogens is 617 g/mol. The summed E-state index contributed by atoms with van der Waals surface area (Å²) in [5.74, 6) is 0. The highest BCUT2D eigenvalue weighted by Gasteiger charge is 2.18. The summed E-state index contributed by atoms with van der Waals surface area (Å²) in [7, 11) is 0. The van der Waals surface area contributed by atoms with Crippen molar-refractivity contribution in [2.45, 2.75) is 0 Å². The Kier molecular flexibility index (Phi) is 6.59. The maximum atomic E-state index is 9.65. The van der Waals surface area contributed by atoms with Crippen molar-refractivity contribution < 1.29 is 0 Å². The predicted molar refractivity (Wildman–Crippen MR) is 216 cm³/mol. The minimum absolute atomic E-state index is 0.650. The molecule has 0 unspecified atom stereocenters. The maximum absolute atomic E-state index is 9.65. The Bertz CT molecular complexity index is 2830. The highest BCUT2D eigenvalue weighted by atomic mass is 15.1. The van der Waals surface area contributed by atoms with E-state index < -0.39 is 0 Å². The van der Waals surface area contributed by atoms with Crippen LogP contribution in [0.15, 0.2) is 182 Å². The zero-order valence-corrected chi connectivity index (χ0v) is 27.7. The van der Waals surface area contributed by atoms with Gasteiger partial charge in [-0.15, -0.1) is 0 Å². The van der Waals surface area contributed by atoms with E-state index in [1.54, 1.807) is 0 Å². The van der Waals surface area contributed by atoms with Gasteiger partial charge in [0.05, 0.1) is 11.6 Å². The quantitative estimate of drug-likeness (QED) is 0.178. The molecule has 10 aromatic carbocycles. The third-order valence-electron chi connectivity index (χ3n) is 10.4. The van der Waals surface area contributed by atoms with E-state index in [1.165, 1.54) is 64.6 Å². The van der Waals surface area contributed by atoms with E-state index >= 15 is 0 Å². The van der Waals surface area contributed by atoms with E-state index in [9.17, 15) is 5.26 Å². The third kappa shape index (κ3) is 4.64. The van der Waals surface area contributed by atoms with E-state index in [0.29, 0.717) is 5.56 Å². The zero-order valence-electron chi connectivity index (χ0n) is 27.7. The van der Waals surface area contributed by atoms with Crippen LogP contribution in [0.2, 0.25) is 0 Å². The van der Waals surface area contributed by atoms with Crippen LogP contribution < -0.4 is 4.90 Å². The Morgan fingerprint density at radius 3 is 1.08 bits per heavy atom. The van der Waals surface area contributed by atoms with Crippen LogP contribution in [0.4, 0.5) is 17.1 Å². The normalized spacial score (nSPS) is 11.5. The molecule has 10 aromatic rings. The van der Waals surface area contributed by atoms with Gasteiger partial charge in [-0.2, -0.15) is 5.26 Å². The highest BCUT2D eigenvalue weighted by molar-refractivity contribution is 6.27. The topological polar surface area (TPSA) is 27.0 Å². The minimum atomic E-state index is 0.650. The molecule has 0 heterocycles. The summed E-state index contributed by atoms with van der Waals surface area (Å²) in [5, 5.41) is 24.6. The van der Waals surface area contributed by atoms with E-state index in [4.69, 9.17) is 0 Å². The largest absolute Gasteiger partial charge is 0.310 e. The second-order valence-corrected chi connectivity index (χ2v) is 13.2. The molecule has 10 rings (SSSR count). The van der Waals surface area contributed by atoms with Crippen molar-refractivity contribution in [2.24, 2.45) is 0 Å². The van der Waals surface area contributed by atoms with Gasteiger partial charge >= 0.3 is 0 Å². The van der Waals surface area contributed by atoms with Crippen LogP contribution in [0, 0.1) is 11.3 Å². The van der Waals surface area contributed by atoms with Gasteiger partial charge in [0.2, 0.25) is 0 Å². The fourth-order valence-corrected chi connectivity index (χ4v) is 8.11. The summed E-state index contributed by atoms with van der Waals surface area (Å²) in [6, 6.07) is 67.6. The lowest BCUT2D eigenvalue weighted by Crippen LogP contribution is -2.10. The number of hydrogen-bond acceptors (Lipinski definition) is 2. The van der Waals surface area contributed by atoms with Gasteiger partial charge in [0.1, 0.15) is 0 Å². The molecule has 236 valence electrons. The first-order valence-corrected chi connectivity index (χ1v) is 17.3. The third-order valence-corrected chi connectivity index (χ3v) is 10.4. The van der Waals surface area contributed by atoms with Crippen molar-refractivity contribution in [2.75, 3.05) is 4.90 Å². The van der Waals surface area contributed by atoms with E-state index in [1.807, 2.05) is 18.2 Å². The number of nitriles is 1. The number of rotatable bonds is 4. The second kappa shape index (κ2) is 11.6. The molecule has 0 spiro atoms. The van der Waals surface area contributed by atoms with Crippen LogP contribution in [0.25, 0.3) is 75.8 Å². The summed E-state index contributed by atoms with van der Waals surface area (Å²) >= 11 is 0. The molecule has 0 aliphatic heterocycles. The summed E-state index contributed by atoms with van der Waals surface area (Å²) in [6.07, 6.45) is 0. The van der Waals surface area contributed by atoms with Crippen LogP contribution in [0.1, 0.15) is 5.56 Å². The van der Waals surface area contributed by atoms with Crippen molar-refractivity contribution in [3.63, 3.8) is 0 Å². The Morgan fingerprint density at radius 2 is 0.647 bits per heavy atom. The van der Waals surface area contributed by atoms with Crippen LogP contribution in [-0.2, 0) is 0 Å². The summed E-state index contributed by atoms with van der Waals surface area (Å²) < 4.78 is 0. The van der Waals surface area contributed by atoms with Crippen molar-refractivity contribution in [3.05, 3.63) is 188 Å². The monoisotopic (exact) mass is 646 g/mol. The molecule has 0 N–H and O–H groups in total. The molecule has 0 aliphatic rings. The molecule has 0 amide bonds. The lowest BCUT2D eigenvalue weighted by molar-refractivity contribution is 1.30. The van der Waals surface area contributed by atoms with Gasteiger partial charge < -0.3 is 4.90 Å². The molecule has 0 atom stereocenters. The smallest absolute Gasteiger partial charge is 0.0991 e. The molecule has 2 nitrogen and oxygen atoms in total. The lowest BCUT2D eigenvalue weighted by atomic mass is 9.93.